The van der Waals surface area contributed by atoms with Gasteiger partial charge in [0.05, 0.1) is 0 Å². The monoisotopic (exact) mass is 341 g/mol. The quantitative estimate of drug-likeness (QED) is 0.463. The van der Waals surface area contributed by atoms with Crippen LogP contribution in [-0.2, 0) is 12.3 Å². The van der Waals surface area contributed by atoms with Crippen molar-refractivity contribution in [1.29, 1.82) is 0 Å². The van der Waals surface area contributed by atoms with Gasteiger partial charge in [-0.25, -0.2) is 0 Å². The summed E-state index contributed by atoms with van der Waals surface area (Å²) in [6, 6.07) is 17.9. The molecule has 0 N–H and O–H groups in total. The fraction of sp³-hybridized carbons (Fsp3) is 0.111. The van der Waals surface area contributed by atoms with E-state index in [1.54, 1.807) is 11.8 Å². The standard InChI is InChI=1S/C18H16ClN3S/c1-2-12-22-17(15-6-4-3-5-7-15)20-21-18(22)23-13-14-8-10-16(19)11-9-14/h2-11H,1,12-13H2. The second-order valence-electron chi connectivity index (χ2n) is 4.99. The first-order valence-electron chi connectivity index (χ1n) is 7.24. The Labute approximate surface area is 145 Å². The lowest BCUT2D eigenvalue weighted by Crippen LogP contribution is -2.00. The van der Waals surface area contributed by atoms with Gasteiger partial charge in [0.25, 0.3) is 0 Å². The van der Waals surface area contributed by atoms with Crippen molar-refractivity contribution in [3.8, 4) is 11.4 Å². The lowest BCUT2D eigenvalue weighted by atomic mass is 10.2. The number of nitrogens with zero attached hydrogens (tertiary/aromatic N) is 3. The number of benzene rings is 2. The van der Waals surface area contributed by atoms with Gasteiger partial charge >= 0.3 is 0 Å². The van der Waals surface area contributed by atoms with E-state index in [1.165, 1.54) is 5.56 Å². The van der Waals surface area contributed by atoms with E-state index in [4.69, 9.17) is 11.6 Å². The average molecular weight is 342 g/mol. The fourth-order valence-electron chi connectivity index (χ4n) is 2.22. The summed E-state index contributed by atoms with van der Waals surface area (Å²) in [5.41, 5.74) is 2.26. The van der Waals surface area contributed by atoms with Gasteiger partial charge in [-0.05, 0) is 17.7 Å². The van der Waals surface area contributed by atoms with Gasteiger partial charge in [0.15, 0.2) is 11.0 Å². The Bertz CT molecular complexity index is 782. The molecule has 0 saturated carbocycles. The highest BCUT2D eigenvalue weighted by Crippen LogP contribution is 2.26. The smallest absolute Gasteiger partial charge is 0.192 e. The summed E-state index contributed by atoms with van der Waals surface area (Å²) < 4.78 is 2.09. The molecule has 0 fully saturated rings. The molecule has 0 unspecified atom stereocenters. The van der Waals surface area contributed by atoms with E-state index in [2.05, 4.69) is 21.3 Å². The van der Waals surface area contributed by atoms with Crippen LogP contribution in [0.1, 0.15) is 5.56 Å². The Morgan fingerprint density at radius 3 is 2.48 bits per heavy atom. The van der Waals surface area contributed by atoms with Crippen molar-refractivity contribution < 1.29 is 0 Å². The van der Waals surface area contributed by atoms with Crippen LogP contribution in [0.15, 0.2) is 72.4 Å². The minimum atomic E-state index is 0.681. The summed E-state index contributed by atoms with van der Waals surface area (Å²) in [7, 11) is 0. The molecule has 23 heavy (non-hydrogen) atoms. The van der Waals surface area contributed by atoms with Crippen molar-refractivity contribution in [1.82, 2.24) is 14.8 Å². The van der Waals surface area contributed by atoms with Gasteiger partial charge in [0, 0.05) is 22.9 Å². The van der Waals surface area contributed by atoms with Gasteiger partial charge in [-0.1, -0.05) is 71.9 Å². The van der Waals surface area contributed by atoms with Crippen LogP contribution in [0.25, 0.3) is 11.4 Å². The predicted molar refractivity (Wildman–Crippen MR) is 96.7 cm³/mol. The largest absolute Gasteiger partial charge is 0.298 e. The van der Waals surface area contributed by atoms with Crippen LogP contribution >= 0.6 is 23.4 Å². The summed E-state index contributed by atoms with van der Waals surface area (Å²) in [6.07, 6.45) is 1.86. The molecule has 0 saturated heterocycles. The molecule has 5 heteroatoms. The molecule has 3 aromatic rings. The molecule has 1 heterocycles. The first-order valence-corrected chi connectivity index (χ1v) is 8.61. The predicted octanol–water partition coefficient (Wildman–Crippen LogP) is 5.08. The van der Waals surface area contributed by atoms with E-state index in [0.29, 0.717) is 6.54 Å². The summed E-state index contributed by atoms with van der Waals surface area (Å²) in [4.78, 5) is 0. The third kappa shape index (κ3) is 3.84. The molecule has 0 aliphatic carbocycles. The zero-order valence-corrected chi connectivity index (χ0v) is 14.1. The highest BCUT2D eigenvalue weighted by Gasteiger charge is 2.13. The second kappa shape index (κ2) is 7.49. The molecule has 2 aromatic carbocycles. The molecular weight excluding hydrogens is 326 g/mol. The molecule has 1 aromatic heterocycles. The van der Waals surface area contributed by atoms with Crippen LogP contribution in [0.3, 0.4) is 0 Å². The highest BCUT2D eigenvalue weighted by atomic mass is 35.5. The van der Waals surface area contributed by atoms with Gasteiger partial charge in [0.1, 0.15) is 0 Å². The van der Waals surface area contributed by atoms with Crippen LogP contribution in [0.5, 0.6) is 0 Å². The van der Waals surface area contributed by atoms with Gasteiger partial charge < -0.3 is 0 Å². The highest BCUT2D eigenvalue weighted by molar-refractivity contribution is 7.98. The first kappa shape index (κ1) is 15.8. The SMILES string of the molecule is C=CCn1c(SCc2ccc(Cl)cc2)nnc1-c1ccccc1. The molecule has 0 atom stereocenters. The van der Waals surface area contributed by atoms with Crippen LogP contribution < -0.4 is 0 Å². The number of hydrogen-bond acceptors (Lipinski definition) is 3. The minimum absolute atomic E-state index is 0.681. The summed E-state index contributed by atoms with van der Waals surface area (Å²) >= 11 is 7.58. The number of aromatic nitrogens is 3. The maximum Gasteiger partial charge on any atom is 0.192 e. The topological polar surface area (TPSA) is 30.7 Å². The third-order valence-electron chi connectivity index (χ3n) is 3.34. The van der Waals surface area contributed by atoms with Gasteiger partial charge in [-0.2, -0.15) is 0 Å². The van der Waals surface area contributed by atoms with Crippen LogP contribution in [0.2, 0.25) is 5.02 Å². The molecule has 0 radical (unpaired) electrons. The number of hydrogen-bond donors (Lipinski definition) is 0. The molecular formula is C18H16ClN3S. The van der Waals surface area contributed by atoms with E-state index in [9.17, 15) is 0 Å². The molecule has 116 valence electrons. The Balaban J connectivity index is 1.83. The number of thioether (sulfide) groups is 1. The van der Waals surface area contributed by atoms with Crippen LogP contribution in [0.4, 0.5) is 0 Å². The summed E-state index contributed by atoms with van der Waals surface area (Å²) in [6.45, 7) is 4.52. The second-order valence-corrected chi connectivity index (χ2v) is 6.37. The van der Waals surface area contributed by atoms with E-state index >= 15 is 0 Å². The van der Waals surface area contributed by atoms with Gasteiger partial charge in [-0.3, -0.25) is 4.57 Å². The average Bonchev–Trinajstić information content (AvgIpc) is 2.98. The van der Waals surface area contributed by atoms with Gasteiger partial charge in [-0.15, -0.1) is 16.8 Å². The molecule has 3 nitrogen and oxygen atoms in total. The number of rotatable bonds is 6. The van der Waals surface area contributed by atoms with Crippen molar-refractivity contribution >= 4 is 23.4 Å². The van der Waals surface area contributed by atoms with Crippen molar-refractivity contribution in [3.63, 3.8) is 0 Å². The van der Waals surface area contributed by atoms with E-state index in [-0.39, 0.29) is 0 Å². The first-order chi connectivity index (χ1) is 11.3. The van der Waals surface area contributed by atoms with Crippen LogP contribution in [0, 0.1) is 0 Å². The Kier molecular flexibility index (Phi) is 5.16. The molecule has 0 aliphatic heterocycles. The number of allylic oxidation sites excluding steroid dienone is 1. The van der Waals surface area contributed by atoms with Gasteiger partial charge in [0.2, 0.25) is 0 Å². The Morgan fingerprint density at radius 1 is 1.04 bits per heavy atom. The minimum Gasteiger partial charge on any atom is -0.298 e. The fourth-order valence-corrected chi connectivity index (χ4v) is 3.25. The normalized spacial score (nSPS) is 10.7. The van der Waals surface area contributed by atoms with Crippen LogP contribution in [-0.4, -0.2) is 14.8 Å². The van der Waals surface area contributed by atoms with Crippen molar-refractivity contribution in [2.24, 2.45) is 0 Å². The van der Waals surface area contributed by atoms with Crippen molar-refractivity contribution in [2.45, 2.75) is 17.5 Å². The van der Waals surface area contributed by atoms with Crippen molar-refractivity contribution in [2.75, 3.05) is 0 Å². The lowest BCUT2D eigenvalue weighted by molar-refractivity contribution is 0.731. The Hall–Kier alpha value is -2.04. The van der Waals surface area contributed by atoms with Crippen molar-refractivity contribution in [3.05, 3.63) is 77.8 Å². The maximum absolute atomic E-state index is 5.92. The molecule has 3 rings (SSSR count). The zero-order chi connectivity index (χ0) is 16.1. The van der Waals surface area contributed by atoms with E-state index < -0.39 is 0 Å². The summed E-state index contributed by atoms with van der Waals surface area (Å²) in [5, 5.41) is 10.3. The lowest BCUT2D eigenvalue weighted by Gasteiger charge is -2.07. The van der Waals surface area contributed by atoms with E-state index in [1.807, 2.05) is 60.7 Å². The molecule has 0 bridgehead atoms. The maximum atomic E-state index is 5.92. The molecule has 0 spiro atoms. The summed E-state index contributed by atoms with van der Waals surface area (Å²) in [5.74, 6) is 1.69. The Morgan fingerprint density at radius 2 is 1.78 bits per heavy atom. The third-order valence-corrected chi connectivity index (χ3v) is 4.63. The zero-order valence-electron chi connectivity index (χ0n) is 12.5. The van der Waals surface area contributed by atoms with E-state index in [0.717, 1.165) is 27.3 Å². The molecule has 0 amide bonds. The molecule has 0 aliphatic rings. The number of halogens is 1.